The van der Waals surface area contributed by atoms with Crippen LogP contribution < -0.4 is 10.6 Å². The van der Waals surface area contributed by atoms with Crippen molar-refractivity contribution < 1.29 is 4.79 Å². The van der Waals surface area contributed by atoms with E-state index in [2.05, 4.69) is 17.6 Å². The van der Waals surface area contributed by atoms with Gasteiger partial charge in [-0.25, -0.2) is 0 Å². The van der Waals surface area contributed by atoms with E-state index in [0.717, 1.165) is 30.0 Å². The van der Waals surface area contributed by atoms with E-state index in [4.69, 9.17) is 11.6 Å². The number of benzene rings is 1. The Morgan fingerprint density at radius 3 is 2.61 bits per heavy atom. The first kappa shape index (κ1) is 15.0. The Hall–Kier alpha value is -1.06. The molecule has 0 aromatic heterocycles. The molecule has 0 fully saturated rings. The third-order valence-electron chi connectivity index (χ3n) is 2.79. The van der Waals surface area contributed by atoms with Gasteiger partial charge in [-0.05, 0) is 31.0 Å². The number of unbranched alkanes of at least 4 members (excludes halogenated alkanes) is 1. The van der Waals surface area contributed by atoms with Crippen LogP contribution in [0.15, 0.2) is 24.3 Å². The molecule has 0 aliphatic rings. The summed E-state index contributed by atoms with van der Waals surface area (Å²) < 4.78 is 0. The minimum absolute atomic E-state index is 0.0456. The van der Waals surface area contributed by atoms with Crippen molar-refractivity contribution in [2.24, 2.45) is 0 Å². The highest BCUT2D eigenvalue weighted by Gasteiger charge is 2.07. The number of amides is 1. The third-order valence-corrected chi connectivity index (χ3v) is 3.04. The molecule has 3 nitrogen and oxygen atoms in total. The topological polar surface area (TPSA) is 41.1 Å². The van der Waals surface area contributed by atoms with Gasteiger partial charge in [0, 0.05) is 17.6 Å². The summed E-state index contributed by atoms with van der Waals surface area (Å²) >= 11 is 5.83. The molecule has 1 aromatic rings. The average Bonchev–Trinajstić information content (AvgIpc) is 2.37. The van der Waals surface area contributed by atoms with Crippen LogP contribution in [0.3, 0.4) is 0 Å². The maximum absolute atomic E-state index is 11.5. The summed E-state index contributed by atoms with van der Waals surface area (Å²) in [5.74, 6) is 0.0456. The number of hydrogen-bond donors (Lipinski definition) is 2. The fourth-order valence-corrected chi connectivity index (χ4v) is 1.71. The molecule has 0 radical (unpaired) electrons. The van der Waals surface area contributed by atoms with E-state index in [1.165, 1.54) is 0 Å². The van der Waals surface area contributed by atoms with Crippen LogP contribution in [0, 0.1) is 0 Å². The maximum Gasteiger partial charge on any atom is 0.233 e. The first-order valence-corrected chi connectivity index (χ1v) is 6.76. The summed E-state index contributed by atoms with van der Waals surface area (Å²) in [6, 6.07) is 7.79. The highest BCUT2D eigenvalue weighted by molar-refractivity contribution is 6.30. The van der Waals surface area contributed by atoms with Crippen molar-refractivity contribution in [3.8, 4) is 0 Å². The van der Waals surface area contributed by atoms with Gasteiger partial charge in [0.25, 0.3) is 0 Å². The van der Waals surface area contributed by atoms with E-state index in [1.807, 2.05) is 31.2 Å². The van der Waals surface area contributed by atoms with Gasteiger partial charge in [-0.2, -0.15) is 0 Å². The van der Waals surface area contributed by atoms with Crippen molar-refractivity contribution in [3.63, 3.8) is 0 Å². The van der Waals surface area contributed by atoms with E-state index in [0.29, 0.717) is 6.54 Å². The van der Waals surface area contributed by atoms with Gasteiger partial charge in [0.2, 0.25) is 5.91 Å². The zero-order chi connectivity index (χ0) is 13.4. The molecule has 1 unspecified atom stereocenters. The molecule has 0 heterocycles. The zero-order valence-corrected chi connectivity index (χ0v) is 11.8. The zero-order valence-electron chi connectivity index (χ0n) is 11.0. The smallest absolute Gasteiger partial charge is 0.233 e. The van der Waals surface area contributed by atoms with Crippen molar-refractivity contribution in [2.45, 2.75) is 32.7 Å². The molecule has 4 heteroatoms. The molecule has 18 heavy (non-hydrogen) atoms. The van der Waals surface area contributed by atoms with Gasteiger partial charge in [-0.15, -0.1) is 0 Å². The molecular weight excluding hydrogens is 248 g/mol. The Bertz CT molecular complexity index is 365. The summed E-state index contributed by atoms with van der Waals surface area (Å²) in [4.78, 5) is 11.5. The van der Waals surface area contributed by atoms with Gasteiger partial charge in [-0.1, -0.05) is 37.1 Å². The Morgan fingerprint density at radius 1 is 1.33 bits per heavy atom. The van der Waals surface area contributed by atoms with Crippen LogP contribution in [-0.4, -0.2) is 19.0 Å². The van der Waals surface area contributed by atoms with E-state index in [9.17, 15) is 4.79 Å². The quantitative estimate of drug-likeness (QED) is 0.747. The monoisotopic (exact) mass is 268 g/mol. The Labute approximate surface area is 114 Å². The lowest BCUT2D eigenvalue weighted by molar-refractivity contribution is -0.120. The lowest BCUT2D eigenvalue weighted by Crippen LogP contribution is -2.35. The summed E-state index contributed by atoms with van der Waals surface area (Å²) in [6.45, 7) is 5.23. The number of halogens is 1. The van der Waals surface area contributed by atoms with Crippen molar-refractivity contribution in [1.29, 1.82) is 0 Å². The van der Waals surface area contributed by atoms with Crippen LogP contribution in [0.5, 0.6) is 0 Å². The fourth-order valence-electron chi connectivity index (χ4n) is 1.58. The van der Waals surface area contributed by atoms with Crippen molar-refractivity contribution in [3.05, 3.63) is 34.9 Å². The second kappa shape index (κ2) is 8.11. The van der Waals surface area contributed by atoms with Crippen molar-refractivity contribution in [2.75, 3.05) is 13.1 Å². The number of carbonyl (C=O) groups excluding carboxylic acids is 1. The molecule has 1 aromatic carbocycles. The van der Waals surface area contributed by atoms with Crippen molar-refractivity contribution >= 4 is 17.5 Å². The van der Waals surface area contributed by atoms with Gasteiger partial charge in [0.05, 0.1) is 6.54 Å². The summed E-state index contributed by atoms with van der Waals surface area (Å²) in [5.41, 5.74) is 1.13. The van der Waals surface area contributed by atoms with Crippen LogP contribution >= 0.6 is 11.6 Å². The number of nitrogens with one attached hydrogen (secondary N) is 2. The number of rotatable bonds is 7. The SMILES string of the molecule is CCCCNC(=O)CNC(C)c1ccc(Cl)cc1. The van der Waals surface area contributed by atoms with Crippen LogP contribution in [-0.2, 0) is 4.79 Å². The molecule has 2 N–H and O–H groups in total. The Kier molecular flexibility index (Phi) is 6.76. The predicted molar refractivity (Wildman–Crippen MR) is 75.8 cm³/mol. The molecular formula is C14H21ClN2O. The molecule has 0 saturated carbocycles. The lowest BCUT2D eigenvalue weighted by Gasteiger charge is -2.14. The summed E-state index contributed by atoms with van der Waals surface area (Å²) in [7, 11) is 0. The molecule has 1 amide bonds. The summed E-state index contributed by atoms with van der Waals surface area (Å²) in [6.07, 6.45) is 2.12. The van der Waals surface area contributed by atoms with E-state index < -0.39 is 0 Å². The molecule has 0 aliphatic heterocycles. The second-order valence-electron chi connectivity index (χ2n) is 4.36. The van der Waals surface area contributed by atoms with Crippen LogP contribution in [0.2, 0.25) is 5.02 Å². The first-order chi connectivity index (χ1) is 8.63. The van der Waals surface area contributed by atoms with E-state index in [1.54, 1.807) is 0 Å². The molecule has 0 aliphatic carbocycles. The minimum atomic E-state index is 0.0456. The number of hydrogen-bond acceptors (Lipinski definition) is 2. The Balaban J connectivity index is 2.30. The molecule has 1 atom stereocenters. The fraction of sp³-hybridized carbons (Fsp3) is 0.500. The van der Waals surface area contributed by atoms with Crippen molar-refractivity contribution in [1.82, 2.24) is 10.6 Å². The molecule has 0 saturated heterocycles. The number of carbonyl (C=O) groups is 1. The largest absolute Gasteiger partial charge is 0.355 e. The average molecular weight is 269 g/mol. The van der Waals surface area contributed by atoms with Gasteiger partial charge in [0.1, 0.15) is 0 Å². The van der Waals surface area contributed by atoms with E-state index in [-0.39, 0.29) is 11.9 Å². The Morgan fingerprint density at radius 2 is 2.00 bits per heavy atom. The molecule has 100 valence electrons. The van der Waals surface area contributed by atoms with Gasteiger partial charge in [0.15, 0.2) is 0 Å². The standard InChI is InChI=1S/C14H21ClN2O/c1-3-4-9-16-14(18)10-17-11(2)12-5-7-13(15)8-6-12/h5-8,11,17H,3-4,9-10H2,1-2H3,(H,16,18). The molecule has 1 rings (SSSR count). The molecule has 0 bridgehead atoms. The normalized spacial score (nSPS) is 12.2. The maximum atomic E-state index is 11.5. The third kappa shape index (κ3) is 5.52. The van der Waals surface area contributed by atoms with Gasteiger partial charge >= 0.3 is 0 Å². The van der Waals surface area contributed by atoms with Crippen LogP contribution in [0.1, 0.15) is 38.3 Å². The van der Waals surface area contributed by atoms with Crippen LogP contribution in [0.4, 0.5) is 0 Å². The highest BCUT2D eigenvalue weighted by atomic mass is 35.5. The predicted octanol–water partition coefficient (Wildman–Crippen LogP) is 2.91. The van der Waals surface area contributed by atoms with Gasteiger partial charge in [-0.3, -0.25) is 4.79 Å². The minimum Gasteiger partial charge on any atom is -0.355 e. The van der Waals surface area contributed by atoms with Crippen LogP contribution in [0.25, 0.3) is 0 Å². The lowest BCUT2D eigenvalue weighted by atomic mass is 10.1. The van der Waals surface area contributed by atoms with E-state index >= 15 is 0 Å². The van der Waals surface area contributed by atoms with Gasteiger partial charge < -0.3 is 10.6 Å². The summed E-state index contributed by atoms with van der Waals surface area (Å²) in [5, 5.41) is 6.79. The highest BCUT2D eigenvalue weighted by Crippen LogP contribution is 2.15. The molecule has 0 spiro atoms. The second-order valence-corrected chi connectivity index (χ2v) is 4.79. The first-order valence-electron chi connectivity index (χ1n) is 6.39.